The third-order valence-corrected chi connectivity index (χ3v) is 3.91. The number of methoxy groups -OCH3 is 2. The molecule has 2 N–H and O–H groups in total. The van der Waals surface area contributed by atoms with E-state index in [1.807, 2.05) is 12.1 Å². The van der Waals surface area contributed by atoms with Crippen LogP contribution in [0.3, 0.4) is 0 Å². The summed E-state index contributed by atoms with van der Waals surface area (Å²) in [5, 5.41) is 6.82. The van der Waals surface area contributed by atoms with Gasteiger partial charge in [-0.3, -0.25) is 4.99 Å². The topological polar surface area (TPSA) is 58.1 Å². The number of likely N-dealkylation sites (N-methyl/N-ethyl adjacent to an activating group) is 1. The number of nitrogens with zero attached hydrogens (tertiary/aromatic N) is 2. The van der Waals surface area contributed by atoms with Crippen LogP contribution in [0.5, 0.6) is 11.5 Å². The average Bonchev–Trinajstić information content (AvgIpc) is 2.61. The van der Waals surface area contributed by atoms with E-state index in [0.717, 1.165) is 50.1 Å². The number of benzene rings is 1. The van der Waals surface area contributed by atoms with Crippen molar-refractivity contribution in [2.24, 2.45) is 4.99 Å². The number of guanidine groups is 1. The summed E-state index contributed by atoms with van der Waals surface area (Å²) >= 11 is 0. The van der Waals surface area contributed by atoms with Crippen LogP contribution in [0.4, 0.5) is 0 Å². The molecule has 0 aliphatic rings. The van der Waals surface area contributed by atoms with Crippen LogP contribution in [0.15, 0.2) is 23.2 Å². The molecule has 0 heterocycles. The zero-order valence-electron chi connectivity index (χ0n) is 17.9. The minimum atomic E-state index is 0. The van der Waals surface area contributed by atoms with Gasteiger partial charge in [-0.1, -0.05) is 6.07 Å². The zero-order valence-corrected chi connectivity index (χ0v) is 20.2. The van der Waals surface area contributed by atoms with E-state index in [1.165, 1.54) is 5.56 Å². The van der Waals surface area contributed by atoms with Crippen LogP contribution in [-0.2, 0) is 6.42 Å². The van der Waals surface area contributed by atoms with Gasteiger partial charge in [0.25, 0.3) is 0 Å². The van der Waals surface area contributed by atoms with E-state index in [0.29, 0.717) is 0 Å². The fourth-order valence-electron chi connectivity index (χ4n) is 2.50. The van der Waals surface area contributed by atoms with Crippen molar-refractivity contribution >= 4 is 29.9 Å². The van der Waals surface area contributed by atoms with Crippen molar-refractivity contribution < 1.29 is 9.47 Å². The van der Waals surface area contributed by atoms with E-state index in [9.17, 15) is 0 Å². The van der Waals surface area contributed by atoms with Crippen LogP contribution in [-0.4, -0.2) is 63.8 Å². The minimum Gasteiger partial charge on any atom is -0.493 e. The Bertz CT molecular complexity index is 574. The Labute approximate surface area is 182 Å². The van der Waals surface area contributed by atoms with Gasteiger partial charge in [-0.25, -0.2) is 0 Å². The highest BCUT2D eigenvalue weighted by Gasteiger charge is 2.10. The van der Waals surface area contributed by atoms with Crippen LogP contribution in [0.1, 0.15) is 33.3 Å². The fraction of sp³-hybridized carbons (Fsp3) is 0.650. The quantitative estimate of drug-likeness (QED) is 0.240. The molecular weight excluding hydrogens is 455 g/mol. The van der Waals surface area contributed by atoms with Crippen molar-refractivity contribution in [1.82, 2.24) is 15.5 Å². The number of nitrogens with one attached hydrogen (secondary N) is 2. The second-order valence-corrected chi connectivity index (χ2v) is 7.27. The number of aliphatic imine (C=N–C) groups is 1. The summed E-state index contributed by atoms with van der Waals surface area (Å²) in [5.41, 5.74) is 1.33. The molecule has 0 fully saturated rings. The van der Waals surface area contributed by atoms with Gasteiger partial charge in [-0.05, 0) is 51.8 Å². The molecule has 0 aliphatic heterocycles. The van der Waals surface area contributed by atoms with E-state index in [1.54, 1.807) is 14.2 Å². The molecule has 0 saturated carbocycles. The molecule has 6 nitrogen and oxygen atoms in total. The van der Waals surface area contributed by atoms with E-state index in [-0.39, 0.29) is 29.5 Å². The lowest BCUT2D eigenvalue weighted by atomic mass is 10.1. The summed E-state index contributed by atoms with van der Waals surface area (Å²) in [6.07, 6.45) is 0.904. The maximum Gasteiger partial charge on any atom is 0.193 e. The highest BCUT2D eigenvalue weighted by atomic mass is 127. The molecule has 156 valence electrons. The van der Waals surface area contributed by atoms with Crippen LogP contribution < -0.4 is 20.1 Å². The molecule has 0 amide bonds. The molecule has 0 atom stereocenters. The lowest BCUT2D eigenvalue weighted by Gasteiger charge is -2.23. The van der Waals surface area contributed by atoms with Crippen molar-refractivity contribution in [1.29, 1.82) is 0 Å². The van der Waals surface area contributed by atoms with Gasteiger partial charge in [0.2, 0.25) is 0 Å². The normalized spacial score (nSPS) is 11.6. The van der Waals surface area contributed by atoms with Crippen molar-refractivity contribution in [3.8, 4) is 11.5 Å². The first kappa shape index (κ1) is 25.8. The standard InChI is InChI=1S/C20H36N4O2.HI/c1-8-21-19(22-12-13-23-20(2,3)4)24(5)14-11-16-9-10-17(25-6)18(15-16)26-7;/h9-10,15,23H,8,11-14H2,1-7H3,(H,21,22);1H. The first-order chi connectivity index (χ1) is 12.3. The highest BCUT2D eigenvalue weighted by molar-refractivity contribution is 14.0. The Morgan fingerprint density at radius 3 is 2.37 bits per heavy atom. The second kappa shape index (κ2) is 13.0. The van der Waals surface area contributed by atoms with E-state index < -0.39 is 0 Å². The molecule has 0 spiro atoms. The summed E-state index contributed by atoms with van der Waals surface area (Å²) in [7, 11) is 5.38. The maximum absolute atomic E-state index is 5.38. The molecule has 0 saturated heterocycles. The lowest BCUT2D eigenvalue weighted by molar-refractivity contribution is 0.354. The van der Waals surface area contributed by atoms with Gasteiger partial charge < -0.3 is 25.0 Å². The van der Waals surface area contributed by atoms with E-state index in [4.69, 9.17) is 14.5 Å². The number of ether oxygens (including phenoxy) is 2. The van der Waals surface area contributed by atoms with Gasteiger partial charge in [0.1, 0.15) is 0 Å². The molecule has 0 aromatic heterocycles. The molecule has 1 aromatic carbocycles. The molecule has 27 heavy (non-hydrogen) atoms. The average molecular weight is 492 g/mol. The highest BCUT2D eigenvalue weighted by Crippen LogP contribution is 2.27. The number of hydrogen-bond donors (Lipinski definition) is 2. The molecule has 0 unspecified atom stereocenters. The Kier molecular flexibility index (Phi) is 12.5. The van der Waals surface area contributed by atoms with Crippen LogP contribution in [0.2, 0.25) is 0 Å². The minimum absolute atomic E-state index is 0. The van der Waals surface area contributed by atoms with Crippen LogP contribution in [0, 0.1) is 0 Å². The molecular formula is C20H37IN4O2. The van der Waals surface area contributed by atoms with Gasteiger partial charge in [0.05, 0.1) is 20.8 Å². The van der Waals surface area contributed by atoms with Gasteiger partial charge >= 0.3 is 0 Å². The molecule has 0 radical (unpaired) electrons. The maximum atomic E-state index is 5.38. The van der Waals surface area contributed by atoms with Crippen LogP contribution >= 0.6 is 24.0 Å². The lowest BCUT2D eigenvalue weighted by Crippen LogP contribution is -2.41. The van der Waals surface area contributed by atoms with Gasteiger partial charge in [-0.2, -0.15) is 0 Å². The molecule has 0 bridgehead atoms. The summed E-state index contributed by atoms with van der Waals surface area (Å²) in [5.74, 6) is 2.45. The Hall–Kier alpha value is -1.22. The molecule has 1 aromatic rings. The fourth-order valence-corrected chi connectivity index (χ4v) is 2.50. The first-order valence-electron chi connectivity index (χ1n) is 9.26. The van der Waals surface area contributed by atoms with E-state index in [2.05, 4.69) is 56.3 Å². The third kappa shape index (κ3) is 10.0. The second-order valence-electron chi connectivity index (χ2n) is 7.27. The van der Waals surface area contributed by atoms with Gasteiger partial charge in [-0.15, -0.1) is 24.0 Å². The largest absolute Gasteiger partial charge is 0.493 e. The summed E-state index contributed by atoms with van der Waals surface area (Å²) in [4.78, 5) is 6.88. The smallest absolute Gasteiger partial charge is 0.193 e. The predicted octanol–water partition coefficient (Wildman–Crippen LogP) is 3.15. The van der Waals surface area contributed by atoms with Crippen molar-refractivity contribution in [2.75, 3.05) is 47.4 Å². The van der Waals surface area contributed by atoms with Crippen molar-refractivity contribution in [3.05, 3.63) is 23.8 Å². The summed E-state index contributed by atoms with van der Waals surface area (Å²) < 4.78 is 10.7. The number of halogens is 1. The van der Waals surface area contributed by atoms with Gasteiger partial charge in [0.15, 0.2) is 17.5 Å². The summed E-state index contributed by atoms with van der Waals surface area (Å²) in [6, 6.07) is 6.06. The van der Waals surface area contributed by atoms with Crippen molar-refractivity contribution in [2.45, 2.75) is 39.7 Å². The predicted molar refractivity (Wildman–Crippen MR) is 125 cm³/mol. The van der Waals surface area contributed by atoms with Crippen LogP contribution in [0.25, 0.3) is 0 Å². The van der Waals surface area contributed by atoms with E-state index >= 15 is 0 Å². The molecule has 7 heteroatoms. The van der Waals surface area contributed by atoms with Crippen molar-refractivity contribution in [3.63, 3.8) is 0 Å². The third-order valence-electron chi connectivity index (χ3n) is 3.91. The monoisotopic (exact) mass is 492 g/mol. The Balaban J connectivity index is 0.00000676. The Morgan fingerprint density at radius 2 is 1.81 bits per heavy atom. The van der Waals surface area contributed by atoms with Gasteiger partial charge in [0, 0.05) is 32.2 Å². The molecule has 1 rings (SSSR count). The summed E-state index contributed by atoms with van der Waals surface area (Å²) in [6.45, 7) is 11.9. The number of rotatable bonds is 9. The first-order valence-corrected chi connectivity index (χ1v) is 9.26. The number of hydrogen-bond acceptors (Lipinski definition) is 4. The SMILES string of the molecule is CCNC(=NCCNC(C)(C)C)N(C)CCc1ccc(OC)c(OC)c1.I. The zero-order chi connectivity index (χ0) is 19.6. The molecule has 0 aliphatic carbocycles. The Morgan fingerprint density at radius 1 is 1.15 bits per heavy atom.